The highest BCUT2D eigenvalue weighted by Crippen LogP contribution is 2.30. The molecule has 1 N–H and O–H groups in total. The van der Waals surface area contributed by atoms with Gasteiger partial charge >= 0.3 is 6.18 Å². The van der Waals surface area contributed by atoms with E-state index in [0.29, 0.717) is 5.01 Å². The van der Waals surface area contributed by atoms with Crippen LogP contribution in [-0.4, -0.2) is 35.4 Å². The van der Waals surface area contributed by atoms with Crippen molar-refractivity contribution in [1.29, 1.82) is 0 Å². The molecule has 2 heterocycles. The minimum atomic E-state index is -4.43. The van der Waals surface area contributed by atoms with Gasteiger partial charge in [-0.1, -0.05) is 6.42 Å². The summed E-state index contributed by atoms with van der Waals surface area (Å²) in [6.45, 7) is 0.914. The molecule has 1 atom stereocenters. The Hall–Kier alpha value is -0.860. The third-order valence-electron chi connectivity index (χ3n) is 3.20. The van der Waals surface area contributed by atoms with Crippen LogP contribution < -0.4 is 5.32 Å². The summed E-state index contributed by atoms with van der Waals surface area (Å²) in [5.74, 6) is -0.0894. The number of thiazole rings is 1. The van der Waals surface area contributed by atoms with Gasteiger partial charge in [0.25, 0.3) is 0 Å². The zero-order valence-electron chi connectivity index (χ0n) is 11.4. The maximum absolute atomic E-state index is 12.4. The summed E-state index contributed by atoms with van der Waals surface area (Å²) in [6, 6.07) is -0.226. The molecule has 1 aliphatic heterocycles. The van der Waals surface area contributed by atoms with Gasteiger partial charge in [-0.05, 0) is 19.4 Å². The first-order valence-electron chi connectivity index (χ1n) is 6.38. The van der Waals surface area contributed by atoms with Gasteiger partial charge in [0, 0.05) is 12.4 Å². The van der Waals surface area contributed by atoms with Crippen molar-refractivity contribution in [1.82, 2.24) is 15.2 Å². The second-order valence-corrected chi connectivity index (χ2v) is 5.76. The van der Waals surface area contributed by atoms with Crippen molar-refractivity contribution in [2.45, 2.75) is 38.0 Å². The molecule has 0 saturated carbocycles. The van der Waals surface area contributed by atoms with Crippen LogP contribution in [0.4, 0.5) is 13.2 Å². The van der Waals surface area contributed by atoms with E-state index in [4.69, 9.17) is 0 Å². The number of piperidine rings is 1. The van der Waals surface area contributed by atoms with Crippen LogP contribution >= 0.6 is 23.7 Å². The Kier molecular flexibility index (Phi) is 6.42. The fourth-order valence-electron chi connectivity index (χ4n) is 2.12. The molecular weight excluding hydrogens is 327 g/mol. The van der Waals surface area contributed by atoms with E-state index in [1.165, 1.54) is 4.90 Å². The lowest BCUT2D eigenvalue weighted by Crippen LogP contribution is -2.46. The number of amides is 1. The third kappa shape index (κ3) is 4.82. The summed E-state index contributed by atoms with van der Waals surface area (Å²) in [4.78, 5) is 17.1. The third-order valence-corrected chi connectivity index (χ3v) is 4.03. The topological polar surface area (TPSA) is 45.2 Å². The first-order valence-corrected chi connectivity index (χ1v) is 7.26. The highest BCUT2D eigenvalue weighted by Gasteiger charge is 2.34. The molecule has 4 nitrogen and oxygen atoms in total. The van der Waals surface area contributed by atoms with Gasteiger partial charge in [-0.25, -0.2) is 4.98 Å². The second-order valence-electron chi connectivity index (χ2n) is 4.82. The molecule has 2 rings (SSSR count). The van der Waals surface area contributed by atoms with Crippen molar-refractivity contribution in [3.8, 4) is 0 Å². The lowest BCUT2D eigenvalue weighted by molar-refractivity contribution is -0.140. The number of likely N-dealkylation sites (N-methyl/N-ethyl adjacent to an activating group) is 1. The van der Waals surface area contributed by atoms with E-state index in [9.17, 15) is 18.0 Å². The quantitative estimate of drug-likeness (QED) is 0.917. The summed E-state index contributed by atoms with van der Waals surface area (Å²) in [7, 11) is 1.59. The van der Waals surface area contributed by atoms with Crippen LogP contribution in [-0.2, 0) is 17.5 Å². The molecule has 1 saturated heterocycles. The standard InChI is InChI=1S/C12H16F3N3OS.ClH/c1-18(11(19)8-4-2-3-5-16-8)6-10-17-9(7-20-10)12(13,14)15;/h7-8,16H,2-6H2,1H3;1H. The number of alkyl halides is 3. The maximum Gasteiger partial charge on any atom is 0.434 e. The van der Waals surface area contributed by atoms with Gasteiger partial charge in [0.1, 0.15) is 5.01 Å². The fraction of sp³-hybridized carbons (Fsp3) is 0.667. The lowest BCUT2D eigenvalue weighted by atomic mass is 10.0. The number of nitrogens with zero attached hydrogens (tertiary/aromatic N) is 2. The van der Waals surface area contributed by atoms with Gasteiger partial charge in [0.2, 0.25) is 5.91 Å². The molecule has 0 aromatic carbocycles. The van der Waals surface area contributed by atoms with Crippen molar-refractivity contribution >= 4 is 29.7 Å². The molecule has 9 heteroatoms. The number of hydrogen-bond donors (Lipinski definition) is 1. The van der Waals surface area contributed by atoms with Crippen molar-refractivity contribution in [3.63, 3.8) is 0 Å². The van der Waals surface area contributed by atoms with E-state index in [2.05, 4.69) is 10.3 Å². The highest BCUT2D eigenvalue weighted by atomic mass is 35.5. The number of rotatable bonds is 3. The molecule has 1 unspecified atom stereocenters. The predicted molar refractivity (Wildman–Crippen MR) is 76.5 cm³/mol. The number of nitrogens with one attached hydrogen (secondary N) is 1. The predicted octanol–water partition coefficient (Wildman–Crippen LogP) is 2.68. The number of carbonyl (C=O) groups is 1. The molecule has 0 spiro atoms. The van der Waals surface area contributed by atoms with Gasteiger partial charge in [-0.3, -0.25) is 4.79 Å². The molecule has 1 amide bonds. The van der Waals surface area contributed by atoms with Gasteiger partial charge in [-0.2, -0.15) is 13.2 Å². The average molecular weight is 344 g/mol. The van der Waals surface area contributed by atoms with E-state index < -0.39 is 11.9 Å². The highest BCUT2D eigenvalue weighted by molar-refractivity contribution is 7.09. The van der Waals surface area contributed by atoms with Crippen LogP contribution in [0.2, 0.25) is 0 Å². The van der Waals surface area contributed by atoms with Gasteiger partial charge in [0.15, 0.2) is 5.69 Å². The Bertz CT molecular complexity index is 475. The number of carbonyl (C=O) groups excluding carboxylic acids is 1. The Morgan fingerprint density at radius 3 is 2.76 bits per heavy atom. The second kappa shape index (κ2) is 7.42. The zero-order valence-corrected chi connectivity index (χ0v) is 13.1. The van der Waals surface area contributed by atoms with Gasteiger partial charge < -0.3 is 10.2 Å². The van der Waals surface area contributed by atoms with E-state index >= 15 is 0 Å². The summed E-state index contributed by atoms with van der Waals surface area (Å²) < 4.78 is 37.3. The summed E-state index contributed by atoms with van der Waals surface area (Å²) >= 11 is 0.923. The maximum atomic E-state index is 12.4. The summed E-state index contributed by atoms with van der Waals surface area (Å²) in [5, 5.41) is 4.40. The smallest absolute Gasteiger partial charge is 0.338 e. The van der Waals surface area contributed by atoms with Crippen LogP contribution in [0, 0.1) is 0 Å². The van der Waals surface area contributed by atoms with E-state index in [1.807, 2.05) is 0 Å². The molecule has 1 aliphatic rings. The van der Waals surface area contributed by atoms with Crippen molar-refractivity contribution in [2.75, 3.05) is 13.6 Å². The van der Waals surface area contributed by atoms with Crippen LogP contribution in [0.25, 0.3) is 0 Å². The van der Waals surface area contributed by atoms with Crippen LogP contribution in [0.1, 0.15) is 30.0 Å². The largest absolute Gasteiger partial charge is 0.434 e. The Morgan fingerprint density at radius 1 is 1.52 bits per heavy atom. The van der Waals surface area contributed by atoms with E-state index in [-0.39, 0.29) is 30.9 Å². The fourth-order valence-corrected chi connectivity index (χ4v) is 2.98. The normalized spacial score (nSPS) is 19.0. The van der Waals surface area contributed by atoms with Crippen molar-refractivity contribution in [3.05, 3.63) is 16.1 Å². The van der Waals surface area contributed by atoms with Crippen molar-refractivity contribution in [2.24, 2.45) is 0 Å². The van der Waals surface area contributed by atoms with Gasteiger partial charge in [-0.15, -0.1) is 23.7 Å². The SMILES string of the molecule is CN(Cc1nc(C(F)(F)F)cs1)C(=O)C1CCCCN1.Cl. The first-order chi connectivity index (χ1) is 9.38. The summed E-state index contributed by atoms with van der Waals surface area (Å²) in [6.07, 6.45) is -1.61. The minimum absolute atomic E-state index is 0. The molecule has 120 valence electrons. The van der Waals surface area contributed by atoms with Crippen LogP contribution in [0.15, 0.2) is 5.38 Å². The molecule has 21 heavy (non-hydrogen) atoms. The molecular formula is C12H17ClF3N3OS. The molecule has 1 fully saturated rings. The monoisotopic (exact) mass is 343 g/mol. The first kappa shape index (κ1) is 18.2. The van der Waals surface area contributed by atoms with Crippen LogP contribution in [0.5, 0.6) is 0 Å². The molecule has 1 aromatic heterocycles. The minimum Gasteiger partial charge on any atom is -0.338 e. The molecule has 1 aromatic rings. The van der Waals surface area contributed by atoms with E-state index in [0.717, 1.165) is 42.5 Å². The Morgan fingerprint density at radius 2 is 2.24 bits per heavy atom. The van der Waals surface area contributed by atoms with Gasteiger partial charge in [0.05, 0.1) is 12.6 Å². The average Bonchev–Trinajstić information content (AvgIpc) is 2.87. The number of aromatic nitrogens is 1. The summed E-state index contributed by atoms with van der Waals surface area (Å²) in [5.41, 5.74) is -0.894. The molecule has 0 aliphatic carbocycles. The zero-order chi connectivity index (χ0) is 14.8. The number of halogens is 4. The number of hydrogen-bond acceptors (Lipinski definition) is 4. The molecule has 0 bridgehead atoms. The Balaban J connectivity index is 0.00000220. The molecule has 0 radical (unpaired) electrons. The van der Waals surface area contributed by atoms with Crippen LogP contribution in [0.3, 0.4) is 0 Å². The Labute approximate surface area is 131 Å². The van der Waals surface area contributed by atoms with Crippen molar-refractivity contribution < 1.29 is 18.0 Å². The van der Waals surface area contributed by atoms with E-state index in [1.54, 1.807) is 7.05 Å². The lowest BCUT2D eigenvalue weighted by Gasteiger charge is -2.27.